The van der Waals surface area contributed by atoms with Crippen LogP contribution >= 0.6 is 0 Å². The molecule has 0 saturated carbocycles. The van der Waals surface area contributed by atoms with Crippen molar-refractivity contribution in [2.24, 2.45) is 0 Å². The van der Waals surface area contributed by atoms with E-state index in [2.05, 4.69) is 37.9 Å². The third-order valence-corrected chi connectivity index (χ3v) is 4.39. The third-order valence-electron chi connectivity index (χ3n) is 4.39. The second-order valence-electron chi connectivity index (χ2n) is 6.73. The van der Waals surface area contributed by atoms with Gasteiger partial charge in [-0.3, -0.25) is 4.98 Å². The average molecular weight is 373 g/mol. The minimum atomic E-state index is 0. The van der Waals surface area contributed by atoms with Crippen LogP contribution in [0.4, 0.5) is 0 Å². The molecule has 0 aliphatic carbocycles. The molecule has 0 spiro atoms. The zero-order valence-corrected chi connectivity index (χ0v) is 15.9. The van der Waals surface area contributed by atoms with Crippen molar-refractivity contribution in [2.45, 2.75) is 6.54 Å². The summed E-state index contributed by atoms with van der Waals surface area (Å²) >= 11 is 0. The van der Waals surface area contributed by atoms with Gasteiger partial charge in [0.15, 0.2) is 0 Å². The van der Waals surface area contributed by atoms with Gasteiger partial charge in [-0.15, -0.1) is 5.10 Å². The zero-order chi connectivity index (χ0) is 19.5. The number of H-pyrrole nitrogens is 1. The molecular formula is C21H23N7. The van der Waals surface area contributed by atoms with E-state index >= 15 is 0 Å². The van der Waals surface area contributed by atoms with Crippen LogP contribution in [0.25, 0.3) is 27.9 Å². The molecule has 1 N–H and O–H groups in total. The monoisotopic (exact) mass is 373 g/mol. The number of rotatable bonds is 6. The molecule has 4 aromatic rings. The highest BCUT2D eigenvalue weighted by Gasteiger charge is 2.12. The van der Waals surface area contributed by atoms with Gasteiger partial charge in [-0.1, -0.05) is 17.9 Å². The topological polar surface area (TPSA) is 75.5 Å². The van der Waals surface area contributed by atoms with Crippen LogP contribution in [0, 0.1) is 0 Å². The number of hydrogen-bond donors (Lipinski definition) is 1. The Hall–Kier alpha value is -3.74. The fraction of sp³-hybridized carbons (Fsp3) is 0.143. The number of nitrogens with one attached hydrogen (secondary N) is 1. The predicted octanol–water partition coefficient (Wildman–Crippen LogP) is 3.60. The van der Waals surface area contributed by atoms with Crippen LogP contribution in [0.15, 0.2) is 68.0 Å². The van der Waals surface area contributed by atoms with Gasteiger partial charge in [-0.25, -0.2) is 9.67 Å². The number of aromatic amines is 1. The maximum absolute atomic E-state index is 4.55. The molecule has 4 aromatic heterocycles. The summed E-state index contributed by atoms with van der Waals surface area (Å²) in [6, 6.07) is 6.04. The molecule has 0 aromatic carbocycles. The van der Waals surface area contributed by atoms with Crippen LogP contribution in [0.2, 0.25) is 0 Å². The van der Waals surface area contributed by atoms with Gasteiger partial charge >= 0.3 is 0 Å². The molecule has 0 unspecified atom stereocenters. The predicted molar refractivity (Wildman–Crippen MR) is 112 cm³/mol. The van der Waals surface area contributed by atoms with E-state index in [0.717, 1.165) is 39.0 Å². The Morgan fingerprint density at radius 1 is 1.32 bits per heavy atom. The standard InChI is InChI=1S/C21H21N7.H2/c1-4-16(13-27(2)3)17-9-18-19(11-24-21(18)23-10-17)20-14-28(26-25-20)12-15-5-7-22-8-6-15;/h4-11,13-14H,1,12H2,2-3H3,(H,23,24);1H/b16-13+;. The highest BCUT2D eigenvalue weighted by Crippen LogP contribution is 2.28. The van der Waals surface area contributed by atoms with Crippen molar-refractivity contribution in [2.75, 3.05) is 14.1 Å². The summed E-state index contributed by atoms with van der Waals surface area (Å²) in [6.45, 7) is 4.57. The van der Waals surface area contributed by atoms with Gasteiger partial charge in [-0.05, 0) is 29.3 Å². The summed E-state index contributed by atoms with van der Waals surface area (Å²) in [5, 5.41) is 9.62. The van der Waals surface area contributed by atoms with Gasteiger partial charge in [0.1, 0.15) is 11.3 Å². The van der Waals surface area contributed by atoms with Crippen LogP contribution < -0.4 is 0 Å². The van der Waals surface area contributed by atoms with E-state index in [1.807, 2.05) is 66.7 Å². The van der Waals surface area contributed by atoms with Crippen LogP contribution in [0.1, 0.15) is 12.6 Å². The highest BCUT2D eigenvalue weighted by molar-refractivity contribution is 5.94. The van der Waals surface area contributed by atoms with Gasteiger partial charge < -0.3 is 9.88 Å². The third kappa shape index (κ3) is 3.55. The SMILES string of the molecule is C=C/C(=C\N(C)C)c1cnc2[nH]cc(-c3cn(Cc4ccncc4)nn3)c2c1.[HH]. The molecule has 7 heteroatoms. The lowest BCUT2D eigenvalue weighted by Crippen LogP contribution is -2.02. The van der Waals surface area contributed by atoms with E-state index in [1.54, 1.807) is 12.4 Å². The molecule has 0 amide bonds. The van der Waals surface area contributed by atoms with Gasteiger partial charge in [0.25, 0.3) is 0 Å². The van der Waals surface area contributed by atoms with E-state index in [1.165, 1.54) is 0 Å². The molecule has 28 heavy (non-hydrogen) atoms. The summed E-state index contributed by atoms with van der Waals surface area (Å²) in [4.78, 5) is 13.8. The Balaban J connectivity index is 0.00000240. The number of hydrogen-bond acceptors (Lipinski definition) is 5. The molecule has 0 aliphatic heterocycles. The van der Waals surface area contributed by atoms with Gasteiger partial charge in [0, 0.05) is 63.0 Å². The summed E-state index contributed by atoms with van der Waals surface area (Å²) in [5.41, 5.74) is 5.72. The minimum Gasteiger partial charge on any atom is -0.383 e. The number of fused-ring (bicyclic) bond motifs is 1. The van der Waals surface area contributed by atoms with Crippen molar-refractivity contribution in [3.63, 3.8) is 0 Å². The Morgan fingerprint density at radius 3 is 2.89 bits per heavy atom. The highest BCUT2D eigenvalue weighted by atomic mass is 15.4. The molecular weight excluding hydrogens is 350 g/mol. The lowest BCUT2D eigenvalue weighted by molar-refractivity contribution is 0.566. The van der Waals surface area contributed by atoms with Crippen molar-refractivity contribution in [1.82, 2.24) is 34.8 Å². The largest absolute Gasteiger partial charge is 0.383 e. The van der Waals surface area contributed by atoms with E-state index in [-0.39, 0.29) is 1.43 Å². The Labute approximate surface area is 164 Å². The van der Waals surface area contributed by atoms with Gasteiger partial charge in [-0.2, -0.15) is 0 Å². The number of pyridine rings is 2. The minimum absolute atomic E-state index is 0. The van der Waals surface area contributed by atoms with Gasteiger partial charge in [0.2, 0.25) is 0 Å². The summed E-state index contributed by atoms with van der Waals surface area (Å²) in [5.74, 6) is 0. The molecule has 0 aliphatic rings. The first-order valence-electron chi connectivity index (χ1n) is 8.91. The molecule has 0 radical (unpaired) electrons. The lowest BCUT2D eigenvalue weighted by atomic mass is 10.1. The van der Waals surface area contributed by atoms with Crippen molar-refractivity contribution >= 4 is 16.6 Å². The van der Waals surface area contributed by atoms with E-state index < -0.39 is 0 Å². The fourth-order valence-corrected chi connectivity index (χ4v) is 3.07. The summed E-state index contributed by atoms with van der Waals surface area (Å²) in [6.07, 6.45) is 13.1. The van der Waals surface area contributed by atoms with Crippen molar-refractivity contribution in [3.05, 3.63) is 79.2 Å². The first-order valence-corrected chi connectivity index (χ1v) is 8.91. The fourth-order valence-electron chi connectivity index (χ4n) is 3.07. The Kier molecular flexibility index (Phi) is 4.72. The first kappa shape index (κ1) is 17.7. The lowest BCUT2D eigenvalue weighted by Gasteiger charge is -2.09. The molecule has 142 valence electrons. The Morgan fingerprint density at radius 2 is 2.14 bits per heavy atom. The average Bonchev–Trinajstić information content (AvgIpc) is 3.32. The first-order chi connectivity index (χ1) is 13.6. The molecule has 4 heterocycles. The zero-order valence-electron chi connectivity index (χ0n) is 15.9. The van der Waals surface area contributed by atoms with Crippen LogP contribution in [-0.4, -0.2) is 48.9 Å². The summed E-state index contributed by atoms with van der Waals surface area (Å²) < 4.78 is 1.82. The molecule has 0 fully saturated rings. The van der Waals surface area contributed by atoms with Crippen LogP contribution in [-0.2, 0) is 6.54 Å². The van der Waals surface area contributed by atoms with Crippen molar-refractivity contribution in [1.29, 1.82) is 0 Å². The number of nitrogens with zero attached hydrogens (tertiary/aromatic N) is 6. The van der Waals surface area contributed by atoms with E-state index in [4.69, 9.17) is 0 Å². The maximum atomic E-state index is 4.55. The molecule has 0 bridgehead atoms. The quantitative estimate of drug-likeness (QED) is 0.523. The number of allylic oxidation sites excluding steroid dienone is 2. The van der Waals surface area contributed by atoms with Crippen LogP contribution in [0.3, 0.4) is 0 Å². The summed E-state index contributed by atoms with van der Waals surface area (Å²) in [7, 11) is 3.97. The smallest absolute Gasteiger partial charge is 0.137 e. The number of aromatic nitrogens is 6. The van der Waals surface area contributed by atoms with E-state index in [9.17, 15) is 0 Å². The second kappa shape index (κ2) is 7.48. The molecule has 0 saturated heterocycles. The molecule has 7 nitrogen and oxygen atoms in total. The van der Waals surface area contributed by atoms with Gasteiger partial charge in [0.05, 0.1) is 12.7 Å². The van der Waals surface area contributed by atoms with Crippen LogP contribution in [0.5, 0.6) is 0 Å². The van der Waals surface area contributed by atoms with E-state index in [0.29, 0.717) is 6.54 Å². The maximum Gasteiger partial charge on any atom is 0.137 e. The normalized spacial score (nSPS) is 11.7. The van der Waals surface area contributed by atoms with Crippen molar-refractivity contribution < 1.29 is 1.43 Å². The molecule has 0 atom stereocenters. The Bertz CT molecular complexity index is 1140. The molecule has 4 rings (SSSR count). The van der Waals surface area contributed by atoms with Crippen molar-refractivity contribution in [3.8, 4) is 11.3 Å². The second-order valence-corrected chi connectivity index (χ2v) is 6.73.